The minimum absolute atomic E-state index is 0.0794. The van der Waals surface area contributed by atoms with Crippen molar-refractivity contribution in [3.63, 3.8) is 0 Å². The first-order chi connectivity index (χ1) is 7.33. The molecule has 0 heterocycles. The van der Waals surface area contributed by atoms with Crippen molar-refractivity contribution in [2.45, 2.75) is 38.5 Å². The largest absolute Gasteiger partial charge is 0.234 e. The van der Waals surface area contributed by atoms with Crippen molar-refractivity contribution in [3.05, 3.63) is 0 Å². The Labute approximate surface area is 89.5 Å². The molecule has 0 aromatic carbocycles. The van der Waals surface area contributed by atoms with Gasteiger partial charge in [-0.3, -0.25) is 0 Å². The third-order valence-corrected chi connectivity index (χ3v) is 3.21. The summed E-state index contributed by atoms with van der Waals surface area (Å²) < 4.78 is 0. The second-order valence-electron chi connectivity index (χ2n) is 4.19. The number of nitrogens with zero attached hydrogens (tertiary/aromatic N) is 2. The SMILES string of the molecule is O=C=NCCC1(CN=C=O)CCCCC1. The molecule has 0 aromatic rings. The summed E-state index contributed by atoms with van der Waals surface area (Å²) >= 11 is 0. The maximum absolute atomic E-state index is 10.1. The molecule has 0 aliphatic heterocycles. The molecule has 15 heavy (non-hydrogen) atoms. The fourth-order valence-electron chi connectivity index (χ4n) is 2.33. The standard InChI is InChI=1S/C11H16N2O2/c14-9-12-7-6-11(8-13-10-15)4-2-1-3-5-11/h1-8H2. The number of rotatable bonds is 5. The molecule has 0 radical (unpaired) electrons. The lowest BCUT2D eigenvalue weighted by molar-refractivity contribution is 0.187. The zero-order valence-electron chi connectivity index (χ0n) is 8.87. The van der Waals surface area contributed by atoms with E-state index >= 15 is 0 Å². The van der Waals surface area contributed by atoms with Crippen LogP contribution in [-0.2, 0) is 9.59 Å². The van der Waals surface area contributed by atoms with E-state index in [9.17, 15) is 9.59 Å². The number of carbonyl (C=O) groups excluding carboxylic acids is 2. The Morgan fingerprint density at radius 2 is 1.67 bits per heavy atom. The van der Waals surface area contributed by atoms with E-state index in [1.807, 2.05) is 0 Å². The van der Waals surface area contributed by atoms with Crippen LogP contribution in [0.25, 0.3) is 0 Å². The predicted molar refractivity (Wildman–Crippen MR) is 56.1 cm³/mol. The van der Waals surface area contributed by atoms with Gasteiger partial charge in [-0.05, 0) is 24.7 Å². The first-order valence-electron chi connectivity index (χ1n) is 5.40. The number of hydrogen-bond acceptors (Lipinski definition) is 4. The fraction of sp³-hybridized carbons (Fsp3) is 0.818. The smallest absolute Gasteiger partial charge is 0.211 e. The molecule has 1 aliphatic carbocycles. The number of hydrogen-bond donors (Lipinski definition) is 0. The first kappa shape index (κ1) is 11.8. The molecule has 0 bridgehead atoms. The topological polar surface area (TPSA) is 58.9 Å². The van der Waals surface area contributed by atoms with Crippen molar-refractivity contribution in [3.8, 4) is 0 Å². The van der Waals surface area contributed by atoms with Crippen molar-refractivity contribution in [1.82, 2.24) is 0 Å². The zero-order valence-corrected chi connectivity index (χ0v) is 8.87. The monoisotopic (exact) mass is 208 g/mol. The van der Waals surface area contributed by atoms with Gasteiger partial charge in [-0.25, -0.2) is 19.6 Å². The Morgan fingerprint density at radius 1 is 1.00 bits per heavy atom. The van der Waals surface area contributed by atoms with E-state index in [1.54, 1.807) is 12.2 Å². The Hall–Kier alpha value is -1.24. The third kappa shape index (κ3) is 3.78. The summed E-state index contributed by atoms with van der Waals surface area (Å²) in [6.45, 7) is 1.03. The maximum atomic E-state index is 10.1. The van der Waals surface area contributed by atoms with E-state index < -0.39 is 0 Å². The lowest BCUT2D eigenvalue weighted by Crippen LogP contribution is -2.28. The molecule has 4 heteroatoms. The maximum Gasteiger partial charge on any atom is 0.234 e. The van der Waals surface area contributed by atoms with Crippen LogP contribution in [0, 0.1) is 5.41 Å². The van der Waals surface area contributed by atoms with Crippen LogP contribution in [0.2, 0.25) is 0 Å². The van der Waals surface area contributed by atoms with E-state index in [0.29, 0.717) is 13.1 Å². The molecule has 0 spiro atoms. The highest BCUT2D eigenvalue weighted by atomic mass is 16.1. The summed E-state index contributed by atoms with van der Waals surface area (Å²) in [5, 5.41) is 0. The van der Waals surface area contributed by atoms with Crippen LogP contribution in [-0.4, -0.2) is 25.2 Å². The minimum Gasteiger partial charge on any atom is -0.211 e. The zero-order chi connectivity index (χ0) is 11.0. The van der Waals surface area contributed by atoms with Gasteiger partial charge in [0, 0.05) is 0 Å². The average Bonchev–Trinajstić information content (AvgIpc) is 2.28. The summed E-state index contributed by atoms with van der Waals surface area (Å²) in [7, 11) is 0. The second kappa shape index (κ2) is 6.28. The normalized spacial score (nSPS) is 18.7. The molecule has 82 valence electrons. The summed E-state index contributed by atoms with van der Waals surface area (Å²) in [6.07, 6.45) is 9.74. The summed E-state index contributed by atoms with van der Waals surface area (Å²) in [5.41, 5.74) is 0.0794. The van der Waals surface area contributed by atoms with Crippen molar-refractivity contribution in [2.24, 2.45) is 15.4 Å². The van der Waals surface area contributed by atoms with Crippen LogP contribution in [0.4, 0.5) is 0 Å². The van der Waals surface area contributed by atoms with Crippen molar-refractivity contribution >= 4 is 12.2 Å². The van der Waals surface area contributed by atoms with Crippen LogP contribution in [0.5, 0.6) is 0 Å². The van der Waals surface area contributed by atoms with Gasteiger partial charge < -0.3 is 0 Å². The fourth-order valence-corrected chi connectivity index (χ4v) is 2.33. The average molecular weight is 208 g/mol. The molecule has 0 atom stereocenters. The molecule has 4 nitrogen and oxygen atoms in total. The Kier molecular flexibility index (Phi) is 4.96. The molecule has 0 aromatic heterocycles. The highest BCUT2D eigenvalue weighted by Gasteiger charge is 2.31. The molecule has 0 N–H and O–H groups in total. The van der Waals surface area contributed by atoms with Gasteiger partial charge in [0.1, 0.15) is 0 Å². The van der Waals surface area contributed by atoms with Crippen LogP contribution in [0.15, 0.2) is 9.98 Å². The van der Waals surface area contributed by atoms with Crippen LogP contribution < -0.4 is 0 Å². The minimum atomic E-state index is 0.0794. The third-order valence-electron chi connectivity index (χ3n) is 3.21. The quantitative estimate of drug-likeness (QED) is 0.512. The molecule has 0 unspecified atom stereocenters. The van der Waals surface area contributed by atoms with Crippen molar-refractivity contribution < 1.29 is 9.59 Å². The van der Waals surface area contributed by atoms with E-state index in [0.717, 1.165) is 19.3 Å². The predicted octanol–water partition coefficient (Wildman–Crippen LogP) is 2.00. The highest BCUT2D eigenvalue weighted by molar-refractivity contribution is 5.33. The highest BCUT2D eigenvalue weighted by Crippen LogP contribution is 2.39. The van der Waals surface area contributed by atoms with E-state index in [4.69, 9.17) is 0 Å². The van der Waals surface area contributed by atoms with Gasteiger partial charge in [0.2, 0.25) is 12.2 Å². The van der Waals surface area contributed by atoms with Gasteiger partial charge in [-0.15, -0.1) is 0 Å². The van der Waals surface area contributed by atoms with Gasteiger partial charge in [0.25, 0.3) is 0 Å². The molecule has 1 fully saturated rings. The lowest BCUT2D eigenvalue weighted by Gasteiger charge is -2.35. The summed E-state index contributed by atoms with van der Waals surface area (Å²) in [4.78, 5) is 27.4. The summed E-state index contributed by atoms with van der Waals surface area (Å²) in [5.74, 6) is 0. The molecule has 1 rings (SSSR count). The van der Waals surface area contributed by atoms with E-state index in [2.05, 4.69) is 9.98 Å². The molecule has 1 saturated carbocycles. The van der Waals surface area contributed by atoms with Gasteiger partial charge in [-0.1, -0.05) is 19.3 Å². The van der Waals surface area contributed by atoms with E-state index in [-0.39, 0.29) is 5.41 Å². The van der Waals surface area contributed by atoms with Crippen molar-refractivity contribution in [1.29, 1.82) is 0 Å². The van der Waals surface area contributed by atoms with Crippen LogP contribution in [0.3, 0.4) is 0 Å². The van der Waals surface area contributed by atoms with Gasteiger partial charge in [-0.2, -0.15) is 0 Å². The Balaban J connectivity index is 2.56. The summed E-state index contributed by atoms with van der Waals surface area (Å²) in [6, 6.07) is 0. The van der Waals surface area contributed by atoms with Gasteiger partial charge >= 0.3 is 0 Å². The van der Waals surface area contributed by atoms with Crippen LogP contribution in [0.1, 0.15) is 38.5 Å². The number of aliphatic imine (C=N–C) groups is 2. The van der Waals surface area contributed by atoms with Gasteiger partial charge in [0.05, 0.1) is 13.1 Å². The molecule has 1 aliphatic rings. The molecule has 0 saturated heterocycles. The second-order valence-corrected chi connectivity index (χ2v) is 4.19. The molecule has 0 amide bonds. The van der Waals surface area contributed by atoms with E-state index in [1.165, 1.54) is 19.3 Å². The first-order valence-corrected chi connectivity index (χ1v) is 5.40. The molecular formula is C11H16N2O2. The van der Waals surface area contributed by atoms with Gasteiger partial charge in [0.15, 0.2) is 0 Å². The Morgan fingerprint density at radius 3 is 2.27 bits per heavy atom. The molecular weight excluding hydrogens is 192 g/mol. The van der Waals surface area contributed by atoms with Crippen molar-refractivity contribution in [2.75, 3.05) is 13.1 Å². The van der Waals surface area contributed by atoms with Crippen LogP contribution >= 0.6 is 0 Å². The lowest BCUT2D eigenvalue weighted by atomic mass is 9.72. The Bertz CT molecular complexity index is 283. The number of isocyanates is 2.